The molecular weight excluding hydrogens is 386 g/mol. The van der Waals surface area contributed by atoms with E-state index in [9.17, 15) is 4.79 Å². The van der Waals surface area contributed by atoms with Crippen LogP contribution in [0.1, 0.15) is 17.9 Å². The number of aromatic nitrogens is 2. The van der Waals surface area contributed by atoms with Gasteiger partial charge >= 0.3 is 0 Å². The number of hydrogen-bond donors (Lipinski definition) is 1. The number of pyridine rings is 1. The molecule has 0 aliphatic heterocycles. The Morgan fingerprint density at radius 1 is 1.00 bits per heavy atom. The van der Waals surface area contributed by atoms with Crippen LogP contribution in [0.2, 0.25) is 5.02 Å². The summed E-state index contributed by atoms with van der Waals surface area (Å²) in [7, 11) is 0. The van der Waals surface area contributed by atoms with Crippen molar-refractivity contribution in [3.8, 4) is 11.3 Å². The zero-order valence-corrected chi connectivity index (χ0v) is 16.5. The third kappa shape index (κ3) is 4.63. The highest BCUT2D eigenvalue weighted by Crippen LogP contribution is 2.28. The Morgan fingerprint density at radius 3 is 2.76 bits per heavy atom. The predicted octanol–water partition coefficient (Wildman–Crippen LogP) is 4.83. The van der Waals surface area contributed by atoms with Crippen LogP contribution < -0.4 is 5.32 Å². The zero-order chi connectivity index (χ0) is 20.1. The Kier molecular flexibility index (Phi) is 5.86. The molecule has 0 saturated carbocycles. The van der Waals surface area contributed by atoms with Gasteiger partial charge in [0.05, 0.1) is 16.7 Å². The van der Waals surface area contributed by atoms with E-state index in [1.54, 1.807) is 18.5 Å². The maximum Gasteiger partial charge on any atom is 0.220 e. The topological polar surface area (TPSA) is 68.0 Å². The quantitative estimate of drug-likeness (QED) is 0.478. The number of fused-ring (bicyclic) bond motifs is 1. The molecule has 0 saturated heterocycles. The number of aryl methyl sites for hydroxylation is 1. The standard InChI is InChI=1S/C23H20ClN3O2/c24-19-9-2-1-8-18(19)20-15-27-22(29-20)11-10-21(28)25-14-12-17-6-3-5-16-7-4-13-26-23(16)17/h1-9,13,15H,10-12,14H2,(H,25,28). The predicted molar refractivity (Wildman–Crippen MR) is 114 cm³/mol. The number of benzene rings is 2. The van der Waals surface area contributed by atoms with Crippen molar-refractivity contribution in [3.63, 3.8) is 0 Å². The second kappa shape index (κ2) is 8.88. The summed E-state index contributed by atoms with van der Waals surface area (Å²) in [6.07, 6.45) is 4.91. The fourth-order valence-electron chi connectivity index (χ4n) is 3.23. The minimum Gasteiger partial charge on any atom is -0.441 e. The molecule has 0 atom stereocenters. The molecule has 146 valence electrons. The van der Waals surface area contributed by atoms with E-state index < -0.39 is 0 Å². The zero-order valence-electron chi connectivity index (χ0n) is 15.8. The second-order valence-corrected chi connectivity index (χ2v) is 7.10. The van der Waals surface area contributed by atoms with Crippen molar-refractivity contribution >= 4 is 28.4 Å². The number of hydrogen-bond acceptors (Lipinski definition) is 4. The van der Waals surface area contributed by atoms with E-state index in [0.29, 0.717) is 36.1 Å². The third-order valence-corrected chi connectivity index (χ3v) is 5.02. The number of carbonyl (C=O) groups is 1. The highest BCUT2D eigenvalue weighted by molar-refractivity contribution is 6.33. The van der Waals surface area contributed by atoms with Crippen LogP contribution in [0.3, 0.4) is 0 Å². The fourth-order valence-corrected chi connectivity index (χ4v) is 3.45. The Labute approximate surface area is 173 Å². The van der Waals surface area contributed by atoms with Gasteiger partial charge in [-0.3, -0.25) is 9.78 Å². The maximum absolute atomic E-state index is 12.2. The summed E-state index contributed by atoms with van der Waals surface area (Å²) in [5.41, 5.74) is 2.90. The molecule has 29 heavy (non-hydrogen) atoms. The molecule has 1 amide bonds. The van der Waals surface area contributed by atoms with Gasteiger partial charge in [-0.25, -0.2) is 4.98 Å². The van der Waals surface area contributed by atoms with Crippen LogP contribution >= 0.6 is 11.6 Å². The normalized spacial score (nSPS) is 10.9. The molecule has 1 N–H and O–H groups in total. The van der Waals surface area contributed by atoms with Crippen LogP contribution in [0.4, 0.5) is 0 Å². The first kappa shape index (κ1) is 19.2. The minimum absolute atomic E-state index is 0.0318. The van der Waals surface area contributed by atoms with Gasteiger partial charge in [-0.05, 0) is 30.2 Å². The van der Waals surface area contributed by atoms with Crippen LogP contribution in [0.25, 0.3) is 22.2 Å². The smallest absolute Gasteiger partial charge is 0.220 e. The van der Waals surface area contributed by atoms with Gasteiger partial charge in [-0.2, -0.15) is 0 Å². The number of para-hydroxylation sites is 1. The number of nitrogens with zero attached hydrogens (tertiary/aromatic N) is 2. The lowest BCUT2D eigenvalue weighted by Gasteiger charge is -2.07. The number of oxazole rings is 1. The number of halogens is 1. The lowest BCUT2D eigenvalue weighted by atomic mass is 10.1. The molecule has 0 radical (unpaired) electrons. The molecule has 0 fully saturated rings. The number of nitrogens with one attached hydrogen (secondary N) is 1. The Bertz CT molecular complexity index is 1130. The molecule has 0 spiro atoms. The van der Waals surface area contributed by atoms with E-state index in [2.05, 4.69) is 15.3 Å². The molecule has 0 aliphatic carbocycles. The highest BCUT2D eigenvalue weighted by atomic mass is 35.5. The maximum atomic E-state index is 12.2. The summed E-state index contributed by atoms with van der Waals surface area (Å²) in [6.45, 7) is 0.560. The summed E-state index contributed by atoms with van der Waals surface area (Å²) in [4.78, 5) is 20.9. The highest BCUT2D eigenvalue weighted by Gasteiger charge is 2.11. The molecule has 6 heteroatoms. The van der Waals surface area contributed by atoms with Crippen LogP contribution in [-0.2, 0) is 17.6 Å². The summed E-state index contributed by atoms with van der Waals surface area (Å²) >= 11 is 6.18. The van der Waals surface area contributed by atoms with Crippen molar-refractivity contribution in [2.45, 2.75) is 19.3 Å². The third-order valence-electron chi connectivity index (χ3n) is 4.69. The second-order valence-electron chi connectivity index (χ2n) is 6.69. The van der Waals surface area contributed by atoms with Crippen LogP contribution in [-0.4, -0.2) is 22.4 Å². The molecule has 0 aliphatic rings. The first-order valence-electron chi connectivity index (χ1n) is 9.49. The molecule has 4 rings (SSSR count). The molecule has 2 aromatic heterocycles. The van der Waals surface area contributed by atoms with Gasteiger partial charge in [0, 0.05) is 36.5 Å². The van der Waals surface area contributed by atoms with Gasteiger partial charge in [-0.1, -0.05) is 48.0 Å². The first-order chi connectivity index (χ1) is 14.2. The van der Waals surface area contributed by atoms with Gasteiger partial charge in [0.2, 0.25) is 5.91 Å². The molecule has 5 nitrogen and oxygen atoms in total. The molecule has 0 unspecified atom stereocenters. The van der Waals surface area contributed by atoms with E-state index in [1.165, 1.54) is 0 Å². The van der Waals surface area contributed by atoms with Crippen LogP contribution in [0, 0.1) is 0 Å². The van der Waals surface area contributed by atoms with Gasteiger partial charge in [0.25, 0.3) is 0 Å². The first-order valence-corrected chi connectivity index (χ1v) is 9.87. The van der Waals surface area contributed by atoms with E-state index >= 15 is 0 Å². The van der Waals surface area contributed by atoms with Crippen LogP contribution in [0.15, 0.2) is 71.4 Å². The molecule has 2 heterocycles. The lowest BCUT2D eigenvalue weighted by Crippen LogP contribution is -2.26. The average Bonchev–Trinajstić information content (AvgIpc) is 3.21. The summed E-state index contributed by atoms with van der Waals surface area (Å²) in [5, 5.41) is 4.67. The van der Waals surface area contributed by atoms with Gasteiger partial charge in [-0.15, -0.1) is 0 Å². The van der Waals surface area contributed by atoms with Crippen molar-refractivity contribution in [1.29, 1.82) is 0 Å². The monoisotopic (exact) mass is 405 g/mol. The number of carbonyl (C=O) groups excluding carboxylic acids is 1. The largest absolute Gasteiger partial charge is 0.441 e. The van der Waals surface area contributed by atoms with E-state index in [4.69, 9.17) is 16.0 Å². The van der Waals surface area contributed by atoms with Crippen molar-refractivity contribution < 1.29 is 9.21 Å². The molecule has 2 aromatic carbocycles. The fraction of sp³-hybridized carbons (Fsp3) is 0.174. The van der Waals surface area contributed by atoms with E-state index in [1.807, 2.05) is 48.5 Å². The average molecular weight is 406 g/mol. The Balaban J connectivity index is 1.28. The minimum atomic E-state index is -0.0318. The Morgan fingerprint density at radius 2 is 1.86 bits per heavy atom. The molecule has 0 bridgehead atoms. The van der Waals surface area contributed by atoms with E-state index in [0.717, 1.165) is 28.5 Å². The van der Waals surface area contributed by atoms with Gasteiger partial charge in [0.15, 0.2) is 11.7 Å². The van der Waals surface area contributed by atoms with Crippen molar-refractivity contribution in [2.24, 2.45) is 0 Å². The van der Waals surface area contributed by atoms with Crippen molar-refractivity contribution in [1.82, 2.24) is 15.3 Å². The number of amides is 1. The SMILES string of the molecule is O=C(CCc1ncc(-c2ccccc2Cl)o1)NCCc1cccc2cccnc12. The van der Waals surface area contributed by atoms with Crippen LogP contribution in [0.5, 0.6) is 0 Å². The summed E-state index contributed by atoms with van der Waals surface area (Å²) in [5.74, 6) is 1.10. The van der Waals surface area contributed by atoms with Crippen molar-refractivity contribution in [3.05, 3.63) is 83.5 Å². The van der Waals surface area contributed by atoms with Gasteiger partial charge < -0.3 is 9.73 Å². The summed E-state index contributed by atoms with van der Waals surface area (Å²) < 4.78 is 5.74. The number of rotatable bonds is 7. The lowest BCUT2D eigenvalue weighted by molar-refractivity contribution is -0.121. The van der Waals surface area contributed by atoms with E-state index in [-0.39, 0.29) is 5.91 Å². The van der Waals surface area contributed by atoms with Gasteiger partial charge in [0.1, 0.15) is 0 Å². The summed E-state index contributed by atoms with van der Waals surface area (Å²) in [6, 6.07) is 17.5. The molecule has 4 aromatic rings. The molecular formula is C23H20ClN3O2. The van der Waals surface area contributed by atoms with Crippen molar-refractivity contribution in [2.75, 3.05) is 6.54 Å². The Hall–Kier alpha value is -3.18.